The minimum absolute atomic E-state index is 0.00326. The maximum absolute atomic E-state index is 11.3. The lowest BCUT2D eigenvalue weighted by molar-refractivity contribution is -0.625. The number of carbonyl (C=O) groups is 1. The van der Waals surface area contributed by atoms with Gasteiger partial charge >= 0.3 is 5.82 Å². The fraction of sp³-hybridized carbons (Fsp3) is 0.393. The molecule has 180 valence electrons. The summed E-state index contributed by atoms with van der Waals surface area (Å²) in [6, 6.07) is 14.1. The Kier molecular flexibility index (Phi) is 5.21. The van der Waals surface area contributed by atoms with E-state index in [0.29, 0.717) is 6.54 Å². The van der Waals surface area contributed by atoms with Crippen molar-refractivity contribution in [2.75, 3.05) is 49.6 Å². The summed E-state index contributed by atoms with van der Waals surface area (Å²) in [6.07, 6.45) is 6.54. The molecule has 0 amide bonds. The van der Waals surface area contributed by atoms with Gasteiger partial charge in [0.1, 0.15) is 20.7 Å². The molecule has 4 heterocycles. The van der Waals surface area contributed by atoms with Gasteiger partial charge in [-0.3, -0.25) is 0 Å². The van der Waals surface area contributed by atoms with Crippen LogP contribution in [0.5, 0.6) is 0 Å². The van der Waals surface area contributed by atoms with E-state index in [1.807, 2.05) is 12.4 Å². The van der Waals surface area contributed by atoms with E-state index in [1.54, 1.807) is 0 Å². The first-order valence-corrected chi connectivity index (χ1v) is 15.8. The van der Waals surface area contributed by atoms with E-state index >= 15 is 0 Å². The van der Waals surface area contributed by atoms with E-state index in [-0.39, 0.29) is 6.42 Å². The summed E-state index contributed by atoms with van der Waals surface area (Å²) in [6.45, 7) is 9.89. The molecule has 0 spiro atoms. The molecule has 6 rings (SSSR count). The van der Waals surface area contributed by atoms with E-state index in [0.717, 1.165) is 32.0 Å². The molecule has 0 radical (unpaired) electrons. The standard InChI is InChI=1S/C28H33N4O2Si/c1-29-16-17-32(15-10-26(33)34)28(29)27-22-8-6-20(30-11-4-12-30)18-24(22)35(2,3)25-19-21(7-9-23(25)27)31-13-5-14-31/h6-9,16-19H,4-5,10-15H2,1-3H3/q+1. The highest BCUT2D eigenvalue weighted by Crippen LogP contribution is 2.36. The van der Waals surface area contributed by atoms with Crippen LogP contribution >= 0.6 is 0 Å². The van der Waals surface area contributed by atoms with Crippen molar-refractivity contribution in [3.8, 4) is 0 Å². The SMILES string of the molecule is C[N+]1=CC=[N+](CCC(=O)[O-])C1=C1c2ccc(N3CCC3)cc2[Si](C)(C)c2cc(N3CCC3)ccc21. The number of benzene rings is 2. The Balaban J connectivity index is 1.58. The molecule has 4 aliphatic rings. The lowest BCUT2D eigenvalue weighted by Crippen LogP contribution is -2.58. The minimum atomic E-state index is -1.99. The van der Waals surface area contributed by atoms with Crippen LogP contribution in [0, 0.1) is 0 Å². The molecule has 0 atom stereocenters. The molecule has 7 heteroatoms. The monoisotopic (exact) mass is 485 g/mol. The first kappa shape index (κ1) is 22.3. The van der Waals surface area contributed by atoms with Gasteiger partial charge in [-0.1, -0.05) is 25.2 Å². The highest BCUT2D eigenvalue weighted by Gasteiger charge is 2.44. The van der Waals surface area contributed by atoms with Crippen molar-refractivity contribution in [1.29, 1.82) is 0 Å². The highest BCUT2D eigenvalue weighted by molar-refractivity contribution is 7.02. The molecule has 0 aliphatic carbocycles. The lowest BCUT2D eigenvalue weighted by Gasteiger charge is -2.39. The van der Waals surface area contributed by atoms with Crippen LogP contribution in [0.15, 0.2) is 42.2 Å². The van der Waals surface area contributed by atoms with Gasteiger partial charge in [0.2, 0.25) is 12.4 Å². The zero-order valence-corrected chi connectivity index (χ0v) is 21.9. The Bertz CT molecular complexity index is 1260. The first-order valence-electron chi connectivity index (χ1n) is 12.8. The minimum Gasteiger partial charge on any atom is -0.550 e. The van der Waals surface area contributed by atoms with E-state index in [1.165, 1.54) is 51.3 Å². The predicted octanol–water partition coefficient (Wildman–Crippen LogP) is 0.910. The maximum atomic E-state index is 11.3. The summed E-state index contributed by atoms with van der Waals surface area (Å²) in [5, 5.41) is 14.2. The fourth-order valence-electron chi connectivity index (χ4n) is 5.84. The van der Waals surface area contributed by atoms with Crippen molar-refractivity contribution in [1.82, 2.24) is 0 Å². The molecule has 0 unspecified atom stereocenters. The number of hydrogen-bond donors (Lipinski definition) is 0. The third-order valence-corrected chi connectivity index (χ3v) is 11.7. The Morgan fingerprint density at radius 1 is 0.914 bits per heavy atom. The number of aliphatic carboxylic acids is 1. The number of fused-ring (bicyclic) bond motifs is 2. The van der Waals surface area contributed by atoms with Gasteiger partial charge in [-0.15, -0.1) is 9.15 Å². The summed E-state index contributed by atoms with van der Waals surface area (Å²) in [4.78, 5) is 16.2. The summed E-state index contributed by atoms with van der Waals surface area (Å²) < 4.78 is 4.20. The summed E-state index contributed by atoms with van der Waals surface area (Å²) in [5.74, 6) is 0.0281. The summed E-state index contributed by atoms with van der Waals surface area (Å²) >= 11 is 0. The van der Waals surface area contributed by atoms with E-state index < -0.39 is 14.0 Å². The number of anilines is 2. The van der Waals surface area contributed by atoms with Crippen LogP contribution in [-0.2, 0) is 4.79 Å². The molecule has 2 aromatic rings. The molecule has 2 saturated heterocycles. The van der Waals surface area contributed by atoms with Crippen LogP contribution in [0.1, 0.15) is 30.4 Å². The van der Waals surface area contributed by atoms with Crippen molar-refractivity contribution in [3.05, 3.63) is 53.3 Å². The summed E-state index contributed by atoms with van der Waals surface area (Å²) in [5.41, 5.74) is 6.44. The van der Waals surface area contributed by atoms with Gasteiger partial charge in [0.25, 0.3) is 0 Å². The Hall–Kier alpha value is -3.19. The normalized spacial score (nSPS) is 20.0. The van der Waals surface area contributed by atoms with Gasteiger partial charge in [-0.2, -0.15) is 0 Å². The van der Waals surface area contributed by atoms with Crippen LogP contribution < -0.4 is 25.3 Å². The van der Waals surface area contributed by atoms with Crippen molar-refractivity contribution in [2.45, 2.75) is 32.4 Å². The molecule has 4 aliphatic heterocycles. The van der Waals surface area contributed by atoms with Crippen molar-refractivity contribution in [3.63, 3.8) is 0 Å². The van der Waals surface area contributed by atoms with Crippen LogP contribution in [0.4, 0.5) is 11.4 Å². The molecule has 2 aromatic carbocycles. The van der Waals surface area contributed by atoms with E-state index in [2.05, 4.69) is 75.5 Å². The topological polar surface area (TPSA) is 52.6 Å². The smallest absolute Gasteiger partial charge is 0.452 e. The molecule has 6 nitrogen and oxygen atoms in total. The number of carbonyl (C=O) groups excluding carboxylic acids is 1. The van der Waals surface area contributed by atoms with Gasteiger partial charge in [0, 0.05) is 49.9 Å². The average Bonchev–Trinajstić information content (AvgIpc) is 3.11. The van der Waals surface area contributed by atoms with Gasteiger partial charge in [0.05, 0.1) is 0 Å². The van der Waals surface area contributed by atoms with Gasteiger partial charge in [0.15, 0.2) is 6.54 Å². The van der Waals surface area contributed by atoms with Crippen molar-refractivity contribution >= 4 is 53.8 Å². The summed E-state index contributed by atoms with van der Waals surface area (Å²) in [7, 11) is 0.0670. The Morgan fingerprint density at radius 2 is 1.46 bits per heavy atom. The second kappa shape index (κ2) is 8.19. The number of hydrogen-bond acceptors (Lipinski definition) is 4. The molecule has 0 aromatic heterocycles. The second-order valence-electron chi connectivity index (χ2n) is 10.7. The largest absolute Gasteiger partial charge is 0.550 e. The van der Waals surface area contributed by atoms with Crippen molar-refractivity contribution < 1.29 is 19.1 Å². The molecular weight excluding hydrogens is 452 g/mol. The Morgan fingerprint density at radius 3 is 1.91 bits per heavy atom. The first-order chi connectivity index (χ1) is 16.8. The highest BCUT2D eigenvalue weighted by atomic mass is 28.3. The van der Waals surface area contributed by atoms with Crippen LogP contribution in [0.25, 0.3) is 5.57 Å². The number of rotatable bonds is 5. The van der Waals surface area contributed by atoms with Gasteiger partial charge < -0.3 is 19.7 Å². The number of carboxylic acids is 1. The van der Waals surface area contributed by atoms with Gasteiger partial charge in [-0.25, -0.2) is 0 Å². The third-order valence-electron chi connectivity index (χ3n) is 8.19. The van der Waals surface area contributed by atoms with Crippen LogP contribution in [0.2, 0.25) is 13.1 Å². The molecule has 35 heavy (non-hydrogen) atoms. The zero-order valence-electron chi connectivity index (χ0n) is 20.9. The van der Waals surface area contributed by atoms with Gasteiger partial charge in [-0.05, 0) is 58.6 Å². The Labute approximate surface area is 208 Å². The third kappa shape index (κ3) is 3.55. The van der Waals surface area contributed by atoms with Crippen molar-refractivity contribution in [2.24, 2.45) is 0 Å². The molecule has 0 saturated carbocycles. The number of carboxylic acid groups (broad SMARTS) is 1. The van der Waals surface area contributed by atoms with E-state index in [9.17, 15) is 9.90 Å². The van der Waals surface area contributed by atoms with Crippen LogP contribution in [0.3, 0.4) is 0 Å². The van der Waals surface area contributed by atoms with Crippen LogP contribution in [-0.4, -0.2) is 75.4 Å². The molecule has 0 bridgehead atoms. The fourth-order valence-corrected chi connectivity index (χ4v) is 8.92. The number of nitrogens with zero attached hydrogens (tertiary/aromatic N) is 4. The lowest BCUT2D eigenvalue weighted by atomic mass is 9.95. The molecular formula is C28H33N4O2Si+. The van der Waals surface area contributed by atoms with E-state index in [4.69, 9.17) is 0 Å². The average molecular weight is 486 g/mol. The zero-order chi connectivity index (χ0) is 24.3. The molecule has 0 N–H and O–H groups in total. The quantitative estimate of drug-likeness (QED) is 0.467. The maximum Gasteiger partial charge on any atom is 0.452 e. The second-order valence-corrected chi connectivity index (χ2v) is 15.0. The molecule has 2 fully saturated rings. The predicted molar refractivity (Wildman–Crippen MR) is 142 cm³/mol.